The van der Waals surface area contributed by atoms with Crippen molar-refractivity contribution >= 4 is 18.2 Å². The largest absolute Gasteiger partial charge is 0.295 e. The Hall–Kier alpha value is -0.820. The summed E-state index contributed by atoms with van der Waals surface area (Å²) in [6.07, 6.45) is 0. The van der Waals surface area contributed by atoms with E-state index in [2.05, 4.69) is 0 Å². The second-order valence-electron chi connectivity index (χ2n) is 1.92. The molecule has 0 atom stereocenters. The maximum atomic E-state index is 10.6. The summed E-state index contributed by atoms with van der Waals surface area (Å²) in [6, 6.07) is 9.23. The number of ketones is 1. The van der Waals surface area contributed by atoms with Crippen LogP contribution in [0, 0.1) is 0 Å². The number of rotatable bonds is 1. The van der Waals surface area contributed by atoms with Crippen molar-refractivity contribution in [3.05, 3.63) is 35.9 Å². The van der Waals surface area contributed by atoms with Crippen molar-refractivity contribution in [2.75, 3.05) is 0 Å². The lowest BCUT2D eigenvalue weighted by Gasteiger charge is -1.89. The Morgan fingerprint density at radius 2 is 1.70 bits per heavy atom. The molecule has 0 N–H and O–H groups in total. The van der Waals surface area contributed by atoms with Crippen LogP contribution in [-0.4, -0.2) is 5.78 Å². The van der Waals surface area contributed by atoms with Crippen molar-refractivity contribution in [2.45, 2.75) is 6.92 Å². The molecule has 0 aliphatic carbocycles. The molecule has 1 aromatic carbocycles. The Kier molecular flexibility index (Phi) is 3.74. The first-order chi connectivity index (χ1) is 4.30. The van der Waals surface area contributed by atoms with Crippen LogP contribution in [0.1, 0.15) is 17.3 Å². The van der Waals surface area contributed by atoms with Gasteiger partial charge >= 0.3 is 0 Å². The third-order valence-corrected chi connectivity index (χ3v) is 1.18. The normalized spacial score (nSPS) is 8.10. The van der Waals surface area contributed by atoms with E-state index in [1.165, 1.54) is 0 Å². The Balaban J connectivity index is 0.000000810. The molecule has 0 saturated heterocycles. The van der Waals surface area contributed by atoms with E-state index in [4.69, 9.17) is 0 Å². The SMILES string of the molecule is CC(=O)c1ccccc1.Cl. The second kappa shape index (κ2) is 4.07. The minimum absolute atomic E-state index is 0. The summed E-state index contributed by atoms with van der Waals surface area (Å²) in [5.41, 5.74) is 0.775. The van der Waals surface area contributed by atoms with Gasteiger partial charge in [-0.1, -0.05) is 30.3 Å². The summed E-state index contributed by atoms with van der Waals surface area (Å²) in [4.78, 5) is 10.6. The van der Waals surface area contributed by atoms with Gasteiger partial charge in [0.05, 0.1) is 0 Å². The first kappa shape index (κ1) is 9.18. The monoisotopic (exact) mass is 156 g/mol. The van der Waals surface area contributed by atoms with Crippen LogP contribution in [0.25, 0.3) is 0 Å². The fraction of sp³-hybridized carbons (Fsp3) is 0.125. The van der Waals surface area contributed by atoms with Gasteiger partial charge in [0.25, 0.3) is 0 Å². The number of halogens is 1. The number of hydrogen-bond donors (Lipinski definition) is 0. The fourth-order valence-corrected chi connectivity index (χ4v) is 0.673. The number of carbonyl (C=O) groups excluding carboxylic acids is 1. The predicted molar refractivity (Wildman–Crippen MR) is 43.7 cm³/mol. The van der Waals surface area contributed by atoms with Crippen LogP contribution >= 0.6 is 12.4 Å². The van der Waals surface area contributed by atoms with Crippen LogP contribution in [0.3, 0.4) is 0 Å². The van der Waals surface area contributed by atoms with Crippen molar-refractivity contribution in [3.8, 4) is 0 Å². The molecule has 0 spiro atoms. The summed E-state index contributed by atoms with van der Waals surface area (Å²) in [5.74, 6) is 0.121. The highest BCUT2D eigenvalue weighted by molar-refractivity contribution is 5.93. The first-order valence-electron chi connectivity index (χ1n) is 2.86. The van der Waals surface area contributed by atoms with E-state index in [1.807, 2.05) is 30.3 Å². The molecule has 1 nitrogen and oxygen atoms in total. The molecule has 0 saturated carbocycles. The third kappa shape index (κ3) is 2.19. The molecule has 1 rings (SSSR count). The molecule has 1 aromatic rings. The van der Waals surface area contributed by atoms with Gasteiger partial charge < -0.3 is 0 Å². The van der Waals surface area contributed by atoms with Gasteiger partial charge in [0.15, 0.2) is 5.78 Å². The molecule has 0 aromatic heterocycles. The van der Waals surface area contributed by atoms with Crippen molar-refractivity contribution in [1.29, 1.82) is 0 Å². The molecule has 10 heavy (non-hydrogen) atoms. The smallest absolute Gasteiger partial charge is 0.159 e. The van der Waals surface area contributed by atoms with E-state index < -0.39 is 0 Å². The van der Waals surface area contributed by atoms with Crippen molar-refractivity contribution in [3.63, 3.8) is 0 Å². The van der Waals surface area contributed by atoms with Crippen molar-refractivity contribution < 1.29 is 4.79 Å². The maximum Gasteiger partial charge on any atom is 0.159 e. The zero-order valence-electron chi connectivity index (χ0n) is 5.70. The highest BCUT2D eigenvalue weighted by atomic mass is 35.5. The molecular formula is C8H9ClO. The minimum Gasteiger partial charge on any atom is -0.295 e. The van der Waals surface area contributed by atoms with Crippen LogP contribution < -0.4 is 0 Å². The minimum atomic E-state index is 0. The molecule has 0 bridgehead atoms. The average molecular weight is 157 g/mol. The van der Waals surface area contributed by atoms with E-state index in [0.29, 0.717) is 0 Å². The Bertz CT molecular complexity index is 206. The van der Waals surface area contributed by atoms with E-state index in [-0.39, 0.29) is 18.2 Å². The standard InChI is InChI=1S/C8H8O.ClH/c1-7(9)8-5-3-2-4-6-8;/h2-6H,1H3;1H. The molecule has 0 radical (unpaired) electrons. The predicted octanol–water partition coefficient (Wildman–Crippen LogP) is 2.31. The first-order valence-corrected chi connectivity index (χ1v) is 2.86. The summed E-state index contributed by atoms with van der Waals surface area (Å²) >= 11 is 0. The molecule has 2 heteroatoms. The molecule has 54 valence electrons. The highest BCUT2D eigenvalue weighted by Crippen LogP contribution is 1.97. The van der Waals surface area contributed by atoms with Crippen LogP contribution in [0.4, 0.5) is 0 Å². The molecule has 0 fully saturated rings. The molecule has 0 heterocycles. The summed E-state index contributed by atoms with van der Waals surface area (Å²) < 4.78 is 0. The Morgan fingerprint density at radius 3 is 2.00 bits per heavy atom. The molecule has 0 unspecified atom stereocenters. The topological polar surface area (TPSA) is 17.1 Å². The van der Waals surface area contributed by atoms with Crippen molar-refractivity contribution in [2.24, 2.45) is 0 Å². The summed E-state index contributed by atoms with van der Waals surface area (Å²) in [5, 5.41) is 0. The van der Waals surface area contributed by atoms with Gasteiger partial charge in [-0.2, -0.15) is 0 Å². The zero-order chi connectivity index (χ0) is 6.69. The lowest BCUT2D eigenvalue weighted by molar-refractivity contribution is 0.101. The molecule has 0 amide bonds. The Labute approximate surface area is 66.5 Å². The van der Waals surface area contributed by atoms with Gasteiger partial charge in [0.2, 0.25) is 0 Å². The van der Waals surface area contributed by atoms with Crippen LogP contribution in [0.15, 0.2) is 30.3 Å². The summed E-state index contributed by atoms with van der Waals surface area (Å²) in [6.45, 7) is 1.56. The maximum absolute atomic E-state index is 10.6. The number of hydrogen-bond acceptors (Lipinski definition) is 1. The molecule has 0 aliphatic heterocycles. The molecule has 0 aliphatic rings. The van der Waals surface area contributed by atoms with Gasteiger partial charge in [0, 0.05) is 5.56 Å². The van der Waals surface area contributed by atoms with Crippen LogP contribution in [0.2, 0.25) is 0 Å². The fourth-order valence-electron chi connectivity index (χ4n) is 0.673. The van der Waals surface area contributed by atoms with Gasteiger partial charge in [-0.05, 0) is 6.92 Å². The Morgan fingerprint density at radius 1 is 1.20 bits per heavy atom. The lowest BCUT2D eigenvalue weighted by Crippen LogP contribution is -1.88. The quantitative estimate of drug-likeness (QED) is 0.571. The average Bonchev–Trinajstić information content (AvgIpc) is 1.90. The second-order valence-corrected chi connectivity index (χ2v) is 1.92. The van der Waals surface area contributed by atoms with E-state index in [0.717, 1.165) is 5.56 Å². The van der Waals surface area contributed by atoms with Gasteiger partial charge in [-0.15, -0.1) is 12.4 Å². The van der Waals surface area contributed by atoms with E-state index in [9.17, 15) is 4.79 Å². The number of benzene rings is 1. The molecular weight excluding hydrogens is 148 g/mol. The van der Waals surface area contributed by atoms with Crippen LogP contribution in [0.5, 0.6) is 0 Å². The van der Waals surface area contributed by atoms with E-state index >= 15 is 0 Å². The van der Waals surface area contributed by atoms with Gasteiger partial charge in [-0.25, -0.2) is 0 Å². The van der Waals surface area contributed by atoms with Crippen LogP contribution in [-0.2, 0) is 0 Å². The number of carbonyl (C=O) groups is 1. The van der Waals surface area contributed by atoms with Gasteiger partial charge in [0.1, 0.15) is 0 Å². The van der Waals surface area contributed by atoms with Gasteiger partial charge in [-0.3, -0.25) is 4.79 Å². The summed E-state index contributed by atoms with van der Waals surface area (Å²) in [7, 11) is 0. The zero-order valence-corrected chi connectivity index (χ0v) is 6.52. The third-order valence-electron chi connectivity index (χ3n) is 1.18. The van der Waals surface area contributed by atoms with E-state index in [1.54, 1.807) is 6.92 Å². The lowest BCUT2D eigenvalue weighted by atomic mass is 10.2. The highest BCUT2D eigenvalue weighted by Gasteiger charge is 1.92. The number of Topliss-reactive ketones (excluding diaryl/α,β-unsaturated/α-hetero) is 1. The van der Waals surface area contributed by atoms with Crippen molar-refractivity contribution in [1.82, 2.24) is 0 Å².